The third-order valence-electron chi connectivity index (χ3n) is 2.99. The highest BCUT2D eigenvalue weighted by Crippen LogP contribution is 2.37. The summed E-state index contributed by atoms with van der Waals surface area (Å²) in [5, 5.41) is 0. The minimum absolute atomic E-state index is 0.167. The van der Waals surface area contributed by atoms with Crippen LogP contribution in [0.25, 0.3) is 11.3 Å². The number of benzene rings is 1. The van der Waals surface area contributed by atoms with Crippen LogP contribution in [0.15, 0.2) is 29.1 Å². The first-order valence-corrected chi connectivity index (χ1v) is 5.81. The Morgan fingerprint density at radius 3 is 2.48 bits per heavy atom. The van der Waals surface area contributed by atoms with E-state index in [1.54, 1.807) is 0 Å². The van der Waals surface area contributed by atoms with Crippen molar-refractivity contribution < 1.29 is 22.7 Å². The van der Waals surface area contributed by atoms with Gasteiger partial charge in [-0.2, -0.15) is 13.2 Å². The van der Waals surface area contributed by atoms with Gasteiger partial charge in [-0.05, 0) is 6.07 Å². The summed E-state index contributed by atoms with van der Waals surface area (Å²) in [7, 11) is 2.35. The number of imidazole rings is 1. The molecule has 1 aromatic carbocycles. The van der Waals surface area contributed by atoms with E-state index in [2.05, 4.69) is 9.72 Å². The smallest absolute Gasteiger partial charge is 0.417 e. The Balaban J connectivity index is 2.80. The van der Waals surface area contributed by atoms with Crippen LogP contribution in [0.3, 0.4) is 0 Å². The maximum Gasteiger partial charge on any atom is 0.417 e. The molecule has 1 aromatic heterocycles. The first-order chi connectivity index (χ1) is 9.77. The molecular weight excluding hydrogens is 289 g/mol. The molecule has 0 aliphatic rings. The van der Waals surface area contributed by atoms with Gasteiger partial charge in [0, 0.05) is 12.6 Å². The molecule has 0 fully saturated rings. The number of nitrogens with zero attached hydrogens (tertiary/aromatic N) is 1. The molecule has 2 aromatic rings. The number of hydrogen-bond acceptors (Lipinski definition) is 3. The number of ether oxygens (including phenoxy) is 1. The fourth-order valence-corrected chi connectivity index (χ4v) is 2.02. The molecule has 0 radical (unpaired) electrons. The average Bonchev–Trinajstić information content (AvgIpc) is 2.73. The number of rotatable bonds is 2. The van der Waals surface area contributed by atoms with E-state index in [9.17, 15) is 22.8 Å². The quantitative estimate of drug-likeness (QED) is 0.865. The number of H-pyrrole nitrogens is 1. The van der Waals surface area contributed by atoms with Gasteiger partial charge in [0.25, 0.3) is 0 Å². The average molecular weight is 300 g/mol. The van der Waals surface area contributed by atoms with Crippen LogP contribution in [-0.2, 0) is 18.0 Å². The molecule has 0 aliphatic heterocycles. The van der Waals surface area contributed by atoms with Crippen molar-refractivity contribution in [3.63, 3.8) is 0 Å². The van der Waals surface area contributed by atoms with E-state index in [4.69, 9.17) is 0 Å². The number of carbonyl (C=O) groups is 1. The minimum atomic E-state index is -4.61. The lowest BCUT2D eigenvalue weighted by atomic mass is 10.0. The fourth-order valence-electron chi connectivity index (χ4n) is 2.02. The Morgan fingerprint density at radius 2 is 1.90 bits per heavy atom. The summed E-state index contributed by atoms with van der Waals surface area (Å²) < 4.78 is 44.7. The van der Waals surface area contributed by atoms with Gasteiger partial charge in [-0.1, -0.05) is 18.2 Å². The molecule has 1 N–H and O–H groups in total. The lowest BCUT2D eigenvalue weighted by Gasteiger charge is -2.13. The van der Waals surface area contributed by atoms with Gasteiger partial charge in [-0.3, -0.25) is 9.55 Å². The van der Waals surface area contributed by atoms with Crippen molar-refractivity contribution in [2.45, 2.75) is 6.18 Å². The number of halogens is 3. The Morgan fingerprint density at radius 1 is 1.29 bits per heavy atom. The molecule has 1 heterocycles. The van der Waals surface area contributed by atoms with Gasteiger partial charge in [0.1, 0.15) is 0 Å². The molecule has 0 saturated carbocycles. The molecular formula is C13H11F3N2O3. The number of carbonyl (C=O) groups excluding carboxylic acids is 1. The number of aromatic amines is 1. The number of nitrogens with one attached hydrogen (secondary N) is 1. The first kappa shape index (κ1) is 14.9. The third kappa shape index (κ3) is 2.56. The molecule has 0 saturated heterocycles. The molecule has 0 bridgehead atoms. The normalized spacial score (nSPS) is 11.5. The molecule has 0 spiro atoms. The summed E-state index contributed by atoms with van der Waals surface area (Å²) in [6.45, 7) is 0. The largest absolute Gasteiger partial charge is 0.464 e. The van der Waals surface area contributed by atoms with E-state index in [1.807, 2.05) is 0 Å². The summed E-state index contributed by atoms with van der Waals surface area (Å²) in [5.41, 5.74) is -2.40. The second-order valence-electron chi connectivity index (χ2n) is 4.25. The summed E-state index contributed by atoms with van der Waals surface area (Å²) in [6, 6.07) is 4.70. The van der Waals surface area contributed by atoms with Crippen LogP contribution in [0, 0.1) is 0 Å². The molecule has 0 atom stereocenters. The topological polar surface area (TPSA) is 64.1 Å². The van der Waals surface area contributed by atoms with Crippen molar-refractivity contribution in [1.82, 2.24) is 9.55 Å². The summed E-state index contributed by atoms with van der Waals surface area (Å²) in [4.78, 5) is 25.5. The van der Waals surface area contributed by atoms with Crippen molar-refractivity contribution in [2.75, 3.05) is 7.11 Å². The second kappa shape index (κ2) is 5.12. The maximum atomic E-state index is 13.1. The Labute approximate surface area is 117 Å². The first-order valence-electron chi connectivity index (χ1n) is 5.81. The summed E-state index contributed by atoms with van der Waals surface area (Å²) in [5.74, 6) is -0.917. The molecule has 0 amide bonds. The van der Waals surface area contributed by atoms with E-state index in [0.717, 1.165) is 17.7 Å². The number of aromatic nitrogens is 2. The van der Waals surface area contributed by atoms with Crippen LogP contribution < -0.4 is 5.69 Å². The van der Waals surface area contributed by atoms with Crippen LogP contribution in [0.5, 0.6) is 0 Å². The van der Waals surface area contributed by atoms with Crippen LogP contribution in [0.1, 0.15) is 16.1 Å². The molecule has 112 valence electrons. The maximum absolute atomic E-state index is 13.1. The van der Waals surface area contributed by atoms with E-state index < -0.39 is 23.4 Å². The molecule has 0 aliphatic carbocycles. The van der Waals surface area contributed by atoms with Crippen molar-refractivity contribution >= 4 is 5.97 Å². The summed E-state index contributed by atoms with van der Waals surface area (Å²) >= 11 is 0. The van der Waals surface area contributed by atoms with Crippen LogP contribution in [0.2, 0.25) is 0 Å². The number of alkyl halides is 3. The Kier molecular flexibility index (Phi) is 3.63. The van der Waals surface area contributed by atoms with E-state index in [1.165, 1.54) is 25.2 Å². The monoisotopic (exact) mass is 300 g/mol. The Hall–Kier alpha value is -2.51. The highest BCUT2D eigenvalue weighted by atomic mass is 19.4. The van der Waals surface area contributed by atoms with Crippen LogP contribution in [-0.4, -0.2) is 22.6 Å². The van der Waals surface area contributed by atoms with Crippen molar-refractivity contribution in [2.24, 2.45) is 7.05 Å². The fraction of sp³-hybridized carbons (Fsp3) is 0.231. The van der Waals surface area contributed by atoms with Gasteiger partial charge in [0.15, 0.2) is 5.69 Å². The van der Waals surface area contributed by atoms with Crippen LogP contribution in [0.4, 0.5) is 13.2 Å². The van der Waals surface area contributed by atoms with Crippen molar-refractivity contribution in [3.8, 4) is 11.3 Å². The van der Waals surface area contributed by atoms with Gasteiger partial charge < -0.3 is 4.74 Å². The molecule has 5 nitrogen and oxygen atoms in total. The Bertz CT molecular complexity index is 744. The van der Waals surface area contributed by atoms with Gasteiger partial charge in [0.05, 0.1) is 18.4 Å². The number of hydrogen-bond donors (Lipinski definition) is 1. The third-order valence-corrected chi connectivity index (χ3v) is 2.99. The highest BCUT2D eigenvalue weighted by molar-refractivity contribution is 5.94. The highest BCUT2D eigenvalue weighted by Gasteiger charge is 2.35. The summed E-state index contributed by atoms with van der Waals surface area (Å²) in [6.07, 6.45) is -4.61. The zero-order valence-electron chi connectivity index (χ0n) is 11.1. The van der Waals surface area contributed by atoms with E-state index >= 15 is 0 Å². The number of esters is 1. The molecule has 21 heavy (non-hydrogen) atoms. The zero-order valence-corrected chi connectivity index (χ0v) is 11.1. The van der Waals surface area contributed by atoms with Gasteiger partial charge in [-0.25, -0.2) is 9.59 Å². The SMILES string of the molecule is COC(=O)c1[nH]c(=O)n(C)c1-c1ccccc1C(F)(F)F. The lowest BCUT2D eigenvalue weighted by Crippen LogP contribution is -2.14. The van der Waals surface area contributed by atoms with Gasteiger partial charge in [0.2, 0.25) is 0 Å². The predicted molar refractivity (Wildman–Crippen MR) is 67.8 cm³/mol. The van der Waals surface area contributed by atoms with E-state index in [0.29, 0.717) is 0 Å². The zero-order chi connectivity index (χ0) is 15.8. The second-order valence-corrected chi connectivity index (χ2v) is 4.25. The number of methoxy groups -OCH3 is 1. The van der Waals surface area contributed by atoms with Crippen LogP contribution >= 0.6 is 0 Å². The predicted octanol–water partition coefficient (Wildman–Crippen LogP) is 2.19. The lowest BCUT2D eigenvalue weighted by molar-refractivity contribution is -0.137. The van der Waals surface area contributed by atoms with Gasteiger partial charge >= 0.3 is 17.8 Å². The van der Waals surface area contributed by atoms with Gasteiger partial charge in [-0.15, -0.1) is 0 Å². The van der Waals surface area contributed by atoms with Crippen molar-refractivity contribution in [1.29, 1.82) is 0 Å². The van der Waals surface area contributed by atoms with Crippen molar-refractivity contribution in [3.05, 3.63) is 46.0 Å². The molecule has 2 rings (SSSR count). The molecule has 8 heteroatoms. The minimum Gasteiger partial charge on any atom is -0.464 e. The molecule has 0 unspecified atom stereocenters. The van der Waals surface area contributed by atoms with E-state index in [-0.39, 0.29) is 17.0 Å². The standard InChI is InChI=1S/C13H11F3N2O3/c1-18-10(9(11(19)21-2)17-12(18)20)7-5-3-4-6-8(7)13(14,15)16/h3-6H,1-2H3,(H,17,20).